The Morgan fingerprint density at radius 1 is 1.50 bits per heavy atom. The van der Waals surface area contributed by atoms with Crippen LogP contribution in [0.5, 0.6) is 0 Å². The van der Waals surface area contributed by atoms with Crippen molar-refractivity contribution < 1.29 is 17.9 Å². The normalized spacial score (nSPS) is 13.8. The van der Waals surface area contributed by atoms with Gasteiger partial charge in [-0.3, -0.25) is 0 Å². The van der Waals surface area contributed by atoms with E-state index in [9.17, 15) is 13.2 Å². The maximum absolute atomic E-state index is 11.9. The van der Waals surface area contributed by atoms with Gasteiger partial charge in [0.15, 0.2) is 0 Å². The second kappa shape index (κ2) is 7.06. The van der Waals surface area contributed by atoms with Crippen LogP contribution in [0.1, 0.15) is 31.0 Å². The molecule has 0 radical (unpaired) electrons. The van der Waals surface area contributed by atoms with E-state index in [1.54, 1.807) is 0 Å². The topological polar surface area (TPSA) is 34.1 Å². The third-order valence-electron chi connectivity index (χ3n) is 2.33. The summed E-state index contributed by atoms with van der Waals surface area (Å²) < 4.78 is 40.1. The lowest BCUT2D eigenvalue weighted by atomic mass is 10.2. The van der Waals surface area contributed by atoms with Crippen LogP contribution in [0.25, 0.3) is 0 Å². The Balaban J connectivity index is 2.30. The van der Waals surface area contributed by atoms with Gasteiger partial charge in [0.2, 0.25) is 0 Å². The first-order valence-electron chi connectivity index (χ1n) is 5.72. The number of thiazole rings is 1. The lowest BCUT2D eigenvalue weighted by Gasteiger charge is -2.09. The van der Waals surface area contributed by atoms with Gasteiger partial charge in [0.25, 0.3) is 0 Å². The van der Waals surface area contributed by atoms with Gasteiger partial charge in [-0.05, 0) is 13.3 Å². The Hall–Kier alpha value is -0.660. The first-order chi connectivity index (χ1) is 8.40. The number of hydrogen-bond donors (Lipinski definition) is 1. The molecule has 0 aliphatic heterocycles. The summed E-state index contributed by atoms with van der Waals surface area (Å²) in [6.07, 6.45) is -3.26. The molecule has 0 amide bonds. The third kappa shape index (κ3) is 6.32. The maximum atomic E-state index is 11.9. The SMILES string of the molecule is CCC(C)NCc1csc(COCC(F)(F)F)n1. The highest BCUT2D eigenvalue weighted by molar-refractivity contribution is 7.09. The van der Waals surface area contributed by atoms with Crippen LogP contribution in [0, 0.1) is 0 Å². The van der Waals surface area contributed by atoms with Crippen LogP contribution in [0.4, 0.5) is 13.2 Å². The number of nitrogens with zero attached hydrogens (tertiary/aromatic N) is 1. The molecule has 1 rings (SSSR count). The first-order valence-corrected chi connectivity index (χ1v) is 6.60. The van der Waals surface area contributed by atoms with Gasteiger partial charge in [-0.1, -0.05) is 6.92 Å². The summed E-state index contributed by atoms with van der Waals surface area (Å²) in [4.78, 5) is 4.20. The van der Waals surface area contributed by atoms with Crippen LogP contribution in [0.3, 0.4) is 0 Å². The van der Waals surface area contributed by atoms with Crippen LogP contribution < -0.4 is 5.32 Å². The zero-order valence-corrected chi connectivity index (χ0v) is 11.2. The van der Waals surface area contributed by atoms with Crippen LogP contribution in [-0.2, 0) is 17.9 Å². The van der Waals surface area contributed by atoms with Crippen LogP contribution in [0.15, 0.2) is 5.38 Å². The Bertz CT molecular complexity index is 354. The summed E-state index contributed by atoms with van der Waals surface area (Å²) in [7, 11) is 0. The zero-order chi connectivity index (χ0) is 13.6. The average molecular weight is 282 g/mol. The van der Waals surface area contributed by atoms with Gasteiger partial charge in [-0.25, -0.2) is 4.98 Å². The Labute approximate surface area is 108 Å². The van der Waals surface area contributed by atoms with E-state index in [0.29, 0.717) is 17.6 Å². The van der Waals surface area contributed by atoms with Crippen LogP contribution in [0.2, 0.25) is 0 Å². The van der Waals surface area contributed by atoms with Gasteiger partial charge in [-0.2, -0.15) is 13.2 Å². The van der Waals surface area contributed by atoms with Crippen molar-refractivity contribution in [2.75, 3.05) is 6.61 Å². The van der Waals surface area contributed by atoms with Crippen LogP contribution in [-0.4, -0.2) is 23.8 Å². The number of alkyl halides is 3. The fourth-order valence-corrected chi connectivity index (χ4v) is 1.90. The number of halogens is 3. The Morgan fingerprint density at radius 2 is 2.22 bits per heavy atom. The molecule has 3 nitrogen and oxygen atoms in total. The number of nitrogens with one attached hydrogen (secondary N) is 1. The highest BCUT2D eigenvalue weighted by atomic mass is 32.1. The molecule has 1 heterocycles. The number of aromatic nitrogens is 1. The first kappa shape index (κ1) is 15.4. The van der Waals surface area contributed by atoms with Gasteiger partial charge in [0.1, 0.15) is 11.6 Å². The Kier molecular flexibility index (Phi) is 6.04. The second-order valence-electron chi connectivity index (χ2n) is 4.03. The van der Waals surface area contributed by atoms with Crippen molar-refractivity contribution in [1.29, 1.82) is 0 Å². The molecule has 0 fully saturated rings. The average Bonchev–Trinajstić information content (AvgIpc) is 2.72. The van der Waals surface area contributed by atoms with E-state index in [4.69, 9.17) is 0 Å². The largest absolute Gasteiger partial charge is 0.411 e. The Morgan fingerprint density at radius 3 is 2.83 bits per heavy atom. The standard InChI is InChI=1S/C11H17F3N2OS/c1-3-8(2)15-4-9-6-18-10(16-9)5-17-7-11(12,13)14/h6,8,15H,3-5,7H2,1-2H3. The van der Waals surface area contributed by atoms with Crippen molar-refractivity contribution in [3.63, 3.8) is 0 Å². The molecule has 0 aliphatic carbocycles. The molecular weight excluding hydrogens is 265 g/mol. The minimum absolute atomic E-state index is 0.0898. The van der Waals surface area contributed by atoms with E-state index >= 15 is 0 Å². The van der Waals surface area contributed by atoms with E-state index in [-0.39, 0.29) is 6.61 Å². The second-order valence-corrected chi connectivity index (χ2v) is 4.97. The van der Waals surface area contributed by atoms with E-state index in [0.717, 1.165) is 12.1 Å². The van der Waals surface area contributed by atoms with Crippen molar-refractivity contribution in [3.8, 4) is 0 Å². The molecule has 1 unspecified atom stereocenters. The van der Waals surface area contributed by atoms with Gasteiger partial charge in [0.05, 0.1) is 12.3 Å². The minimum atomic E-state index is -4.28. The highest BCUT2D eigenvalue weighted by Gasteiger charge is 2.27. The van der Waals surface area contributed by atoms with E-state index in [2.05, 4.69) is 28.9 Å². The summed E-state index contributed by atoms with van der Waals surface area (Å²) >= 11 is 1.32. The predicted molar refractivity (Wildman–Crippen MR) is 64.4 cm³/mol. The summed E-state index contributed by atoms with van der Waals surface area (Å²) in [5, 5.41) is 5.67. The fourth-order valence-electron chi connectivity index (χ4n) is 1.17. The summed E-state index contributed by atoms with van der Waals surface area (Å²) in [5.74, 6) is 0. The molecule has 0 saturated carbocycles. The van der Waals surface area contributed by atoms with Crippen molar-refractivity contribution in [2.24, 2.45) is 0 Å². The van der Waals surface area contributed by atoms with Gasteiger partial charge in [-0.15, -0.1) is 11.3 Å². The number of ether oxygens (including phenoxy) is 1. The smallest absolute Gasteiger partial charge is 0.365 e. The van der Waals surface area contributed by atoms with Gasteiger partial charge < -0.3 is 10.1 Å². The zero-order valence-electron chi connectivity index (χ0n) is 10.4. The molecule has 0 aliphatic rings. The number of rotatable bonds is 7. The van der Waals surface area contributed by atoms with E-state index in [1.807, 2.05) is 5.38 Å². The van der Waals surface area contributed by atoms with E-state index in [1.165, 1.54) is 11.3 Å². The maximum Gasteiger partial charge on any atom is 0.411 e. The summed E-state index contributed by atoms with van der Waals surface area (Å²) in [6.45, 7) is 3.46. The quantitative estimate of drug-likeness (QED) is 0.834. The highest BCUT2D eigenvalue weighted by Crippen LogP contribution is 2.17. The summed E-state index contributed by atoms with van der Waals surface area (Å²) in [5.41, 5.74) is 0.839. The molecule has 1 atom stereocenters. The lowest BCUT2D eigenvalue weighted by Crippen LogP contribution is -2.24. The number of hydrogen-bond acceptors (Lipinski definition) is 4. The predicted octanol–water partition coefficient (Wildman–Crippen LogP) is 3.11. The van der Waals surface area contributed by atoms with E-state index < -0.39 is 12.8 Å². The van der Waals surface area contributed by atoms with Crippen molar-refractivity contribution in [3.05, 3.63) is 16.1 Å². The minimum Gasteiger partial charge on any atom is -0.365 e. The third-order valence-corrected chi connectivity index (χ3v) is 3.21. The monoisotopic (exact) mass is 282 g/mol. The van der Waals surface area contributed by atoms with Crippen molar-refractivity contribution >= 4 is 11.3 Å². The fraction of sp³-hybridized carbons (Fsp3) is 0.727. The van der Waals surface area contributed by atoms with Gasteiger partial charge in [0, 0.05) is 18.0 Å². The van der Waals surface area contributed by atoms with Gasteiger partial charge >= 0.3 is 6.18 Å². The molecule has 0 bridgehead atoms. The molecular formula is C11H17F3N2OS. The molecule has 18 heavy (non-hydrogen) atoms. The molecule has 0 spiro atoms. The molecule has 104 valence electrons. The lowest BCUT2D eigenvalue weighted by molar-refractivity contribution is -0.176. The molecule has 1 aromatic rings. The molecule has 7 heteroatoms. The van der Waals surface area contributed by atoms with Crippen LogP contribution >= 0.6 is 11.3 Å². The molecule has 1 N–H and O–H groups in total. The molecule has 1 aromatic heterocycles. The van der Waals surface area contributed by atoms with Crippen molar-refractivity contribution in [1.82, 2.24) is 10.3 Å². The molecule has 0 saturated heterocycles. The summed E-state index contributed by atoms with van der Waals surface area (Å²) in [6, 6.07) is 0.400. The van der Waals surface area contributed by atoms with Crippen molar-refractivity contribution in [2.45, 2.75) is 45.6 Å². The molecule has 0 aromatic carbocycles.